The van der Waals surface area contributed by atoms with Crippen LogP contribution in [0.5, 0.6) is 0 Å². The number of nitrogens with zero attached hydrogens (tertiary/aromatic N) is 2. The lowest BCUT2D eigenvalue weighted by atomic mass is 9.99. The van der Waals surface area contributed by atoms with Crippen molar-refractivity contribution in [2.24, 2.45) is 0 Å². The first-order valence-corrected chi connectivity index (χ1v) is 8.33. The minimum absolute atomic E-state index is 0.0691. The number of para-hydroxylation sites is 1. The molecular formula is C18H16N2OS. The Morgan fingerprint density at radius 3 is 2.68 bits per heavy atom. The number of rotatable bonds is 2. The van der Waals surface area contributed by atoms with Crippen molar-refractivity contribution in [2.75, 3.05) is 13.1 Å². The van der Waals surface area contributed by atoms with Crippen LogP contribution in [0.1, 0.15) is 27.7 Å². The van der Waals surface area contributed by atoms with Crippen molar-refractivity contribution in [1.82, 2.24) is 9.88 Å². The van der Waals surface area contributed by atoms with Crippen LogP contribution in [0.2, 0.25) is 0 Å². The van der Waals surface area contributed by atoms with Crippen LogP contribution in [-0.4, -0.2) is 28.9 Å². The smallest absolute Gasteiger partial charge is 0.282 e. The molecule has 0 bridgehead atoms. The highest BCUT2D eigenvalue weighted by atomic mass is 32.1. The molecule has 1 aliphatic heterocycles. The van der Waals surface area contributed by atoms with Crippen LogP contribution >= 0.6 is 11.3 Å². The highest BCUT2D eigenvalue weighted by Gasteiger charge is 2.29. The second-order valence-electron chi connectivity index (χ2n) is 5.63. The number of carbonyl (C=O) groups is 1. The van der Waals surface area contributed by atoms with Crippen molar-refractivity contribution in [3.63, 3.8) is 0 Å². The summed E-state index contributed by atoms with van der Waals surface area (Å²) in [6.45, 7) is 1.60. The quantitative estimate of drug-likeness (QED) is 0.719. The number of likely N-dealkylation sites (tertiary alicyclic amines) is 1. The second-order valence-corrected chi connectivity index (χ2v) is 6.66. The van der Waals surface area contributed by atoms with E-state index in [2.05, 4.69) is 29.2 Å². The maximum absolute atomic E-state index is 12.7. The topological polar surface area (TPSA) is 33.2 Å². The molecule has 1 atom stereocenters. The molecule has 0 spiro atoms. The van der Waals surface area contributed by atoms with E-state index in [0.717, 1.165) is 29.7 Å². The lowest BCUT2D eigenvalue weighted by molar-refractivity contribution is 0.0790. The zero-order valence-corrected chi connectivity index (χ0v) is 12.9. The Balaban J connectivity index is 1.54. The van der Waals surface area contributed by atoms with E-state index in [9.17, 15) is 4.79 Å². The Bertz CT molecular complexity index is 779. The number of hydrogen-bond donors (Lipinski definition) is 0. The lowest BCUT2D eigenvalue weighted by Gasteiger charge is -2.15. The molecule has 2 aromatic carbocycles. The fourth-order valence-electron chi connectivity index (χ4n) is 3.04. The number of fused-ring (bicyclic) bond motifs is 1. The predicted molar refractivity (Wildman–Crippen MR) is 89.3 cm³/mol. The Kier molecular flexibility index (Phi) is 3.39. The van der Waals surface area contributed by atoms with Gasteiger partial charge in [-0.3, -0.25) is 4.79 Å². The van der Waals surface area contributed by atoms with E-state index < -0.39 is 0 Å². The summed E-state index contributed by atoms with van der Waals surface area (Å²) in [6.07, 6.45) is 1.03. The van der Waals surface area contributed by atoms with Crippen LogP contribution in [-0.2, 0) is 0 Å². The van der Waals surface area contributed by atoms with E-state index in [1.807, 2.05) is 35.2 Å². The van der Waals surface area contributed by atoms with Crippen LogP contribution in [0.3, 0.4) is 0 Å². The first-order chi connectivity index (χ1) is 10.8. The Hall–Kier alpha value is -2.20. The Morgan fingerprint density at radius 1 is 1.09 bits per heavy atom. The molecule has 1 aliphatic rings. The molecule has 22 heavy (non-hydrogen) atoms. The second kappa shape index (κ2) is 5.54. The number of thiazole rings is 1. The highest BCUT2D eigenvalue weighted by molar-refractivity contribution is 7.20. The van der Waals surface area contributed by atoms with E-state index in [1.165, 1.54) is 16.9 Å². The first-order valence-electron chi connectivity index (χ1n) is 7.51. The van der Waals surface area contributed by atoms with Crippen LogP contribution < -0.4 is 0 Å². The van der Waals surface area contributed by atoms with Crippen molar-refractivity contribution < 1.29 is 4.79 Å². The maximum atomic E-state index is 12.7. The molecule has 3 aromatic rings. The summed E-state index contributed by atoms with van der Waals surface area (Å²) in [5.41, 5.74) is 2.23. The maximum Gasteiger partial charge on any atom is 0.282 e. The van der Waals surface area contributed by atoms with E-state index in [-0.39, 0.29) is 5.91 Å². The third-order valence-electron chi connectivity index (χ3n) is 4.22. The van der Waals surface area contributed by atoms with Gasteiger partial charge >= 0.3 is 0 Å². The molecule has 4 heteroatoms. The molecule has 4 rings (SSSR count). The fraction of sp³-hybridized carbons (Fsp3) is 0.222. The van der Waals surface area contributed by atoms with E-state index in [4.69, 9.17) is 0 Å². The summed E-state index contributed by atoms with van der Waals surface area (Å²) in [5, 5.41) is 0.606. The van der Waals surface area contributed by atoms with Crippen molar-refractivity contribution in [3.05, 3.63) is 65.2 Å². The summed E-state index contributed by atoms with van der Waals surface area (Å²) < 4.78 is 1.07. The van der Waals surface area contributed by atoms with Gasteiger partial charge in [0.15, 0.2) is 5.01 Å². The van der Waals surface area contributed by atoms with E-state index in [1.54, 1.807) is 0 Å². The minimum atomic E-state index is 0.0691. The van der Waals surface area contributed by atoms with Crippen molar-refractivity contribution in [3.8, 4) is 0 Å². The molecule has 0 aliphatic carbocycles. The van der Waals surface area contributed by atoms with Gasteiger partial charge in [0.25, 0.3) is 5.91 Å². The van der Waals surface area contributed by atoms with Gasteiger partial charge in [0.2, 0.25) is 0 Å². The van der Waals surface area contributed by atoms with Gasteiger partial charge in [-0.05, 0) is 24.1 Å². The van der Waals surface area contributed by atoms with E-state index >= 15 is 0 Å². The number of hydrogen-bond acceptors (Lipinski definition) is 3. The average molecular weight is 308 g/mol. The monoisotopic (exact) mass is 308 g/mol. The van der Waals surface area contributed by atoms with Crippen LogP contribution in [0.25, 0.3) is 10.2 Å². The summed E-state index contributed by atoms with van der Waals surface area (Å²) in [5.74, 6) is 0.513. The standard InChI is InChI=1S/C18H16N2OS/c21-18(17-19-15-8-4-5-9-16(15)22-17)20-11-10-14(12-20)13-6-2-1-3-7-13/h1-9,14H,10-12H2. The zero-order valence-electron chi connectivity index (χ0n) is 12.1. The molecule has 2 heterocycles. The number of carbonyl (C=O) groups excluding carboxylic acids is 1. The Labute approximate surface area is 133 Å². The third kappa shape index (κ3) is 2.40. The summed E-state index contributed by atoms with van der Waals surface area (Å²) in [4.78, 5) is 19.1. The Morgan fingerprint density at radius 2 is 1.86 bits per heavy atom. The average Bonchev–Trinajstić information content (AvgIpc) is 3.22. The van der Waals surface area contributed by atoms with Gasteiger partial charge in [0.05, 0.1) is 10.2 Å². The molecular weight excluding hydrogens is 292 g/mol. The highest BCUT2D eigenvalue weighted by Crippen LogP contribution is 2.29. The number of benzene rings is 2. The first kappa shape index (κ1) is 13.5. The van der Waals surface area contributed by atoms with Gasteiger partial charge in [-0.25, -0.2) is 4.98 Å². The predicted octanol–water partition coefficient (Wildman–Crippen LogP) is 3.93. The molecule has 110 valence electrons. The molecule has 1 amide bonds. The molecule has 1 saturated heterocycles. The van der Waals surface area contributed by atoms with Gasteiger partial charge in [-0.15, -0.1) is 11.3 Å². The molecule has 0 radical (unpaired) electrons. The van der Waals surface area contributed by atoms with Crippen LogP contribution in [0, 0.1) is 0 Å². The SMILES string of the molecule is O=C(c1nc2ccccc2s1)N1CCC(c2ccccc2)C1. The van der Waals surface area contributed by atoms with Crippen LogP contribution in [0.4, 0.5) is 0 Å². The normalized spacial score (nSPS) is 18.0. The lowest BCUT2D eigenvalue weighted by Crippen LogP contribution is -2.28. The molecule has 0 N–H and O–H groups in total. The number of amides is 1. The van der Waals surface area contributed by atoms with Gasteiger partial charge in [-0.2, -0.15) is 0 Å². The van der Waals surface area contributed by atoms with Gasteiger partial charge < -0.3 is 4.90 Å². The molecule has 3 nitrogen and oxygen atoms in total. The van der Waals surface area contributed by atoms with Crippen LogP contribution in [0.15, 0.2) is 54.6 Å². The fourth-order valence-corrected chi connectivity index (χ4v) is 3.97. The van der Waals surface area contributed by atoms with Gasteiger partial charge in [0.1, 0.15) is 0 Å². The third-order valence-corrected chi connectivity index (χ3v) is 5.25. The van der Waals surface area contributed by atoms with Gasteiger partial charge in [0, 0.05) is 19.0 Å². The zero-order chi connectivity index (χ0) is 14.9. The van der Waals surface area contributed by atoms with E-state index in [0.29, 0.717) is 10.9 Å². The summed E-state index contributed by atoms with van der Waals surface area (Å²) >= 11 is 1.49. The number of aromatic nitrogens is 1. The largest absolute Gasteiger partial charge is 0.336 e. The minimum Gasteiger partial charge on any atom is -0.336 e. The molecule has 1 fully saturated rings. The summed E-state index contributed by atoms with van der Waals surface area (Å²) in [6, 6.07) is 18.4. The van der Waals surface area contributed by atoms with Crippen molar-refractivity contribution in [2.45, 2.75) is 12.3 Å². The molecule has 0 saturated carbocycles. The molecule has 1 aromatic heterocycles. The summed E-state index contributed by atoms with van der Waals surface area (Å²) in [7, 11) is 0. The van der Waals surface area contributed by atoms with Crippen molar-refractivity contribution in [1.29, 1.82) is 0 Å². The van der Waals surface area contributed by atoms with Gasteiger partial charge in [-0.1, -0.05) is 42.5 Å². The molecule has 1 unspecified atom stereocenters. The van der Waals surface area contributed by atoms with Crippen molar-refractivity contribution >= 4 is 27.5 Å².